The molecule has 1 nitrogen and oxygen atoms in total. The molecular weight excluding hydrogens is 194 g/mol. The van der Waals surface area contributed by atoms with Crippen molar-refractivity contribution < 1.29 is 5.73 Å². The van der Waals surface area contributed by atoms with Gasteiger partial charge in [0.1, 0.15) is 0 Å². The van der Waals surface area contributed by atoms with E-state index in [9.17, 15) is 0 Å². The Kier molecular flexibility index (Phi) is 1.42. The predicted octanol–water partition coefficient (Wildman–Crippen LogP) is 1.94. The Balaban J connectivity index is 1.65. The highest BCUT2D eigenvalue weighted by atomic mass is 14.7. The van der Waals surface area contributed by atoms with Crippen LogP contribution < -0.4 is 5.73 Å². The quantitative estimate of drug-likeness (QED) is 0.696. The van der Waals surface area contributed by atoms with E-state index in [4.69, 9.17) is 0 Å². The van der Waals surface area contributed by atoms with Crippen LogP contribution in [0.1, 0.15) is 38.5 Å². The third-order valence-corrected chi connectivity index (χ3v) is 7.65. The molecule has 1 heteroatoms. The SMILES string of the molecule is [NH3+]CC12CC3C4CC5CC3C(C1)C(C5)C4C2. The molecule has 0 radical (unpaired) electrons. The highest BCUT2D eigenvalue weighted by molar-refractivity contribution is 5.15. The zero-order valence-electron chi connectivity index (χ0n) is 10.2. The van der Waals surface area contributed by atoms with Crippen LogP contribution in [0.5, 0.6) is 0 Å². The summed E-state index contributed by atoms with van der Waals surface area (Å²) in [6.45, 7) is 1.24. The van der Waals surface area contributed by atoms with Crippen LogP contribution in [0.3, 0.4) is 0 Å². The third kappa shape index (κ3) is 0.805. The molecule has 16 heavy (non-hydrogen) atoms. The molecule has 0 aromatic rings. The molecule has 7 aliphatic carbocycles. The molecule has 0 heterocycles. The third-order valence-electron chi connectivity index (χ3n) is 7.65. The van der Waals surface area contributed by atoms with Crippen molar-refractivity contribution in [3.8, 4) is 0 Å². The fraction of sp³-hybridized carbons (Fsp3) is 1.00. The van der Waals surface area contributed by atoms with Crippen molar-refractivity contribution in [3.63, 3.8) is 0 Å². The standard InChI is InChI=1S/C15H23N/c16-7-15-4-12-9-1-8-2-10(12)14(6-15)11(3-8)13(9)5-15/h8-14H,1-7,16H2/p+1. The first-order valence-corrected chi connectivity index (χ1v) is 7.59. The van der Waals surface area contributed by atoms with Gasteiger partial charge in [0.25, 0.3) is 0 Å². The van der Waals surface area contributed by atoms with Gasteiger partial charge in [-0.3, -0.25) is 0 Å². The van der Waals surface area contributed by atoms with E-state index in [0.29, 0.717) is 0 Å². The van der Waals surface area contributed by atoms with Crippen molar-refractivity contribution in [2.75, 3.05) is 6.54 Å². The van der Waals surface area contributed by atoms with Crippen molar-refractivity contribution in [2.24, 2.45) is 46.8 Å². The molecule has 7 fully saturated rings. The number of hydrogen-bond donors (Lipinski definition) is 1. The molecule has 7 aliphatic rings. The minimum Gasteiger partial charge on any atom is -0.357 e. The second kappa shape index (κ2) is 2.53. The van der Waals surface area contributed by atoms with Crippen molar-refractivity contribution in [2.45, 2.75) is 38.5 Å². The Labute approximate surface area is 98.2 Å². The summed E-state index contributed by atoms with van der Waals surface area (Å²) in [6.07, 6.45) is 9.63. The smallest absolute Gasteiger partial charge is 0.0797 e. The number of hydrogen-bond acceptors (Lipinski definition) is 0. The molecule has 0 amide bonds. The van der Waals surface area contributed by atoms with Gasteiger partial charge in [0.15, 0.2) is 0 Å². The van der Waals surface area contributed by atoms with Gasteiger partial charge in [0.05, 0.1) is 6.54 Å². The zero-order valence-corrected chi connectivity index (χ0v) is 10.2. The Hall–Kier alpha value is -0.0400. The molecule has 0 spiro atoms. The highest BCUT2D eigenvalue weighted by Gasteiger charge is 2.67. The second-order valence-corrected chi connectivity index (χ2v) is 7.92. The lowest BCUT2D eigenvalue weighted by molar-refractivity contribution is -0.411. The average Bonchev–Trinajstić information content (AvgIpc) is 2.35. The predicted molar refractivity (Wildman–Crippen MR) is 62.3 cm³/mol. The van der Waals surface area contributed by atoms with Gasteiger partial charge in [-0.15, -0.1) is 0 Å². The Morgan fingerprint density at radius 3 is 1.56 bits per heavy atom. The monoisotopic (exact) mass is 218 g/mol. The van der Waals surface area contributed by atoms with Crippen LogP contribution in [0.4, 0.5) is 0 Å². The largest absolute Gasteiger partial charge is 0.357 e. The van der Waals surface area contributed by atoms with Gasteiger partial charge in [-0.1, -0.05) is 0 Å². The van der Waals surface area contributed by atoms with Gasteiger partial charge >= 0.3 is 0 Å². The van der Waals surface area contributed by atoms with E-state index in [-0.39, 0.29) is 0 Å². The van der Waals surface area contributed by atoms with Crippen LogP contribution in [0.25, 0.3) is 0 Å². The molecule has 0 saturated heterocycles. The lowest BCUT2D eigenvalue weighted by atomic mass is 9.33. The topological polar surface area (TPSA) is 27.6 Å². The molecule has 0 aliphatic heterocycles. The number of rotatable bonds is 1. The first-order valence-electron chi connectivity index (χ1n) is 7.59. The summed E-state index contributed by atoms with van der Waals surface area (Å²) in [5.74, 6) is 8.18. The maximum absolute atomic E-state index is 4.31. The van der Waals surface area contributed by atoms with Crippen LogP contribution in [0.15, 0.2) is 0 Å². The van der Waals surface area contributed by atoms with E-state index in [0.717, 1.165) is 29.1 Å². The summed E-state index contributed by atoms with van der Waals surface area (Å²) >= 11 is 0. The zero-order chi connectivity index (χ0) is 10.5. The van der Waals surface area contributed by atoms with Gasteiger partial charge in [-0.2, -0.15) is 0 Å². The minimum absolute atomic E-state index is 0.730. The van der Waals surface area contributed by atoms with Crippen LogP contribution in [-0.2, 0) is 0 Å². The first kappa shape index (κ1) is 8.97. The Morgan fingerprint density at radius 2 is 1.19 bits per heavy atom. The molecule has 3 N–H and O–H groups in total. The van der Waals surface area contributed by atoms with Crippen molar-refractivity contribution in [3.05, 3.63) is 0 Å². The highest BCUT2D eigenvalue weighted by Crippen LogP contribution is 2.73. The molecular formula is C15H24N+. The summed E-state index contributed by atoms with van der Waals surface area (Å²) in [4.78, 5) is 0. The molecule has 7 saturated carbocycles. The van der Waals surface area contributed by atoms with Crippen molar-refractivity contribution >= 4 is 0 Å². The van der Waals surface area contributed by atoms with Gasteiger partial charge in [0, 0.05) is 5.41 Å². The molecule has 88 valence electrons. The van der Waals surface area contributed by atoms with Gasteiger partial charge in [0.2, 0.25) is 0 Å². The second-order valence-electron chi connectivity index (χ2n) is 7.92. The number of quaternary nitrogens is 1. The summed E-state index contributed by atoms with van der Waals surface area (Å²) in [5, 5.41) is 0. The van der Waals surface area contributed by atoms with Crippen molar-refractivity contribution in [1.82, 2.24) is 0 Å². The van der Waals surface area contributed by atoms with Gasteiger partial charge < -0.3 is 5.73 Å². The average molecular weight is 218 g/mol. The van der Waals surface area contributed by atoms with Crippen LogP contribution in [0, 0.1) is 46.8 Å². The van der Waals surface area contributed by atoms with Crippen LogP contribution in [0.2, 0.25) is 0 Å². The van der Waals surface area contributed by atoms with E-state index < -0.39 is 0 Å². The van der Waals surface area contributed by atoms with Crippen LogP contribution >= 0.6 is 0 Å². The molecule has 7 rings (SSSR count). The maximum atomic E-state index is 4.31. The normalized spacial score (nSPS) is 69.2. The maximum Gasteiger partial charge on any atom is 0.0797 e. The molecule has 0 unspecified atom stereocenters. The molecule has 0 atom stereocenters. The minimum atomic E-state index is 0.730. The van der Waals surface area contributed by atoms with E-state index >= 15 is 0 Å². The van der Waals surface area contributed by atoms with E-state index in [1.807, 2.05) is 0 Å². The summed E-state index contributed by atoms with van der Waals surface area (Å²) in [7, 11) is 0. The fourth-order valence-corrected chi connectivity index (χ4v) is 7.36. The van der Waals surface area contributed by atoms with E-state index in [1.54, 1.807) is 38.5 Å². The lowest BCUT2D eigenvalue weighted by Crippen LogP contribution is -2.70. The Bertz CT molecular complexity index is 287. The fourth-order valence-electron chi connectivity index (χ4n) is 7.36. The first-order chi connectivity index (χ1) is 7.80. The summed E-state index contributed by atoms with van der Waals surface area (Å²) in [6, 6.07) is 0. The Morgan fingerprint density at radius 1 is 0.750 bits per heavy atom. The van der Waals surface area contributed by atoms with Gasteiger partial charge in [-0.05, 0) is 80.0 Å². The van der Waals surface area contributed by atoms with E-state index in [2.05, 4.69) is 5.73 Å². The van der Waals surface area contributed by atoms with Gasteiger partial charge in [-0.25, -0.2) is 0 Å². The van der Waals surface area contributed by atoms with Crippen LogP contribution in [-0.4, -0.2) is 6.54 Å². The van der Waals surface area contributed by atoms with Crippen molar-refractivity contribution in [1.29, 1.82) is 0 Å². The molecule has 8 bridgehead atoms. The summed E-state index contributed by atoms with van der Waals surface area (Å²) in [5.41, 5.74) is 5.04. The molecule has 0 aromatic heterocycles. The molecule has 0 aromatic carbocycles. The lowest BCUT2D eigenvalue weighted by Gasteiger charge is -2.72. The van der Waals surface area contributed by atoms with E-state index in [1.165, 1.54) is 24.3 Å². The summed E-state index contributed by atoms with van der Waals surface area (Å²) < 4.78 is 0.